The van der Waals surface area contributed by atoms with Gasteiger partial charge in [0.25, 0.3) is 0 Å². The Morgan fingerprint density at radius 1 is 1.32 bits per heavy atom. The van der Waals surface area contributed by atoms with Crippen LogP contribution in [0.1, 0.15) is 38.7 Å². The minimum atomic E-state index is -3.64. The second kappa shape index (κ2) is 8.27. The predicted molar refractivity (Wildman–Crippen MR) is 95.1 cm³/mol. The van der Waals surface area contributed by atoms with Crippen LogP contribution >= 0.6 is 0 Å². The number of carbonyl (C=O) groups excluding carboxylic acids is 1. The zero-order chi connectivity index (χ0) is 18.6. The Morgan fingerprint density at radius 2 is 1.96 bits per heavy atom. The molecule has 1 aliphatic heterocycles. The molecule has 1 aromatic rings. The number of carbonyl (C=O) groups is 1. The molecule has 1 heterocycles. The normalized spacial score (nSPS) is 17.0. The molecule has 7 heteroatoms. The SMILES string of the molecule is Cc1cc(S(=O)(=O)N2CCC(C(=O)NCCC(C)C)CC2)ccc1F. The summed E-state index contributed by atoms with van der Waals surface area (Å²) in [4.78, 5) is 12.3. The summed E-state index contributed by atoms with van der Waals surface area (Å²) in [5, 5.41) is 2.93. The minimum Gasteiger partial charge on any atom is -0.356 e. The van der Waals surface area contributed by atoms with Crippen LogP contribution in [-0.2, 0) is 14.8 Å². The molecule has 25 heavy (non-hydrogen) atoms. The second-order valence-electron chi connectivity index (χ2n) is 7.06. The molecule has 0 saturated carbocycles. The molecule has 140 valence electrons. The Labute approximate surface area is 149 Å². The smallest absolute Gasteiger partial charge is 0.243 e. The predicted octanol–water partition coefficient (Wildman–Crippen LogP) is 2.70. The molecule has 1 aromatic carbocycles. The van der Waals surface area contributed by atoms with Gasteiger partial charge in [0.15, 0.2) is 0 Å². The fraction of sp³-hybridized carbons (Fsp3) is 0.611. The Kier molecular flexibility index (Phi) is 6.57. The van der Waals surface area contributed by atoms with E-state index in [4.69, 9.17) is 0 Å². The molecular formula is C18H27FN2O3S. The number of benzene rings is 1. The quantitative estimate of drug-likeness (QED) is 0.837. The summed E-state index contributed by atoms with van der Waals surface area (Å²) in [6.45, 7) is 7.02. The highest BCUT2D eigenvalue weighted by atomic mass is 32.2. The third-order valence-corrected chi connectivity index (χ3v) is 6.51. The lowest BCUT2D eigenvalue weighted by Gasteiger charge is -2.30. The van der Waals surface area contributed by atoms with E-state index in [0.717, 1.165) is 6.42 Å². The fourth-order valence-electron chi connectivity index (χ4n) is 2.91. The molecule has 0 radical (unpaired) electrons. The van der Waals surface area contributed by atoms with Gasteiger partial charge in [-0.1, -0.05) is 13.8 Å². The van der Waals surface area contributed by atoms with Crippen LogP contribution < -0.4 is 5.32 Å². The Balaban J connectivity index is 1.94. The first-order valence-corrected chi connectivity index (χ1v) is 10.2. The molecule has 1 fully saturated rings. The van der Waals surface area contributed by atoms with Crippen molar-refractivity contribution in [1.29, 1.82) is 0 Å². The summed E-state index contributed by atoms with van der Waals surface area (Å²) < 4.78 is 40.1. The number of rotatable bonds is 6. The molecule has 1 amide bonds. The summed E-state index contributed by atoms with van der Waals surface area (Å²) in [7, 11) is -3.64. The largest absolute Gasteiger partial charge is 0.356 e. The third kappa shape index (κ3) is 5.01. The van der Waals surface area contributed by atoms with E-state index in [1.165, 1.54) is 22.5 Å². The van der Waals surface area contributed by atoms with Crippen molar-refractivity contribution in [3.63, 3.8) is 0 Å². The number of amides is 1. The molecule has 0 aliphatic carbocycles. The topological polar surface area (TPSA) is 66.5 Å². The van der Waals surface area contributed by atoms with Gasteiger partial charge in [-0.05, 0) is 55.9 Å². The van der Waals surface area contributed by atoms with Crippen LogP contribution in [-0.4, -0.2) is 38.3 Å². The number of sulfonamides is 1. The number of hydrogen-bond acceptors (Lipinski definition) is 3. The first kappa shape index (κ1) is 19.8. The van der Waals surface area contributed by atoms with Crippen molar-refractivity contribution < 1.29 is 17.6 Å². The maximum absolute atomic E-state index is 13.4. The lowest BCUT2D eigenvalue weighted by molar-refractivity contribution is -0.126. The van der Waals surface area contributed by atoms with E-state index in [-0.39, 0.29) is 16.7 Å². The van der Waals surface area contributed by atoms with Crippen LogP contribution in [0.15, 0.2) is 23.1 Å². The summed E-state index contributed by atoms with van der Waals surface area (Å²) in [5.41, 5.74) is 0.306. The van der Waals surface area contributed by atoms with Crippen molar-refractivity contribution in [1.82, 2.24) is 9.62 Å². The standard InChI is InChI=1S/C18H27FN2O3S/c1-13(2)6-9-20-18(22)15-7-10-21(11-8-15)25(23,24)16-4-5-17(19)14(3)12-16/h4-5,12-13,15H,6-11H2,1-3H3,(H,20,22). The molecule has 0 unspecified atom stereocenters. The summed E-state index contributed by atoms with van der Waals surface area (Å²) >= 11 is 0. The van der Waals surface area contributed by atoms with Gasteiger partial charge < -0.3 is 5.32 Å². The molecule has 0 aromatic heterocycles. The van der Waals surface area contributed by atoms with Crippen LogP contribution in [0.5, 0.6) is 0 Å². The molecule has 2 rings (SSSR count). The molecule has 1 saturated heterocycles. The molecule has 0 bridgehead atoms. The van der Waals surface area contributed by atoms with E-state index in [0.29, 0.717) is 44.0 Å². The number of halogens is 1. The Morgan fingerprint density at radius 3 is 2.52 bits per heavy atom. The highest BCUT2D eigenvalue weighted by molar-refractivity contribution is 7.89. The van der Waals surface area contributed by atoms with E-state index in [1.54, 1.807) is 6.92 Å². The van der Waals surface area contributed by atoms with E-state index in [1.807, 2.05) is 0 Å². The van der Waals surface area contributed by atoms with Crippen LogP contribution in [0.2, 0.25) is 0 Å². The van der Waals surface area contributed by atoms with Crippen LogP contribution in [0.3, 0.4) is 0 Å². The average Bonchev–Trinajstić information content (AvgIpc) is 2.57. The average molecular weight is 370 g/mol. The molecule has 0 spiro atoms. The molecule has 0 atom stereocenters. The number of hydrogen-bond donors (Lipinski definition) is 1. The number of nitrogens with zero attached hydrogens (tertiary/aromatic N) is 1. The van der Waals surface area contributed by atoms with Gasteiger partial charge in [0.05, 0.1) is 4.90 Å². The third-order valence-electron chi connectivity index (χ3n) is 4.61. The van der Waals surface area contributed by atoms with E-state index in [2.05, 4.69) is 19.2 Å². The van der Waals surface area contributed by atoms with Crippen molar-refractivity contribution in [3.05, 3.63) is 29.6 Å². The van der Waals surface area contributed by atoms with Crippen molar-refractivity contribution in [2.75, 3.05) is 19.6 Å². The molecule has 5 nitrogen and oxygen atoms in total. The lowest BCUT2D eigenvalue weighted by Crippen LogP contribution is -2.43. The van der Waals surface area contributed by atoms with E-state index < -0.39 is 15.8 Å². The van der Waals surface area contributed by atoms with E-state index in [9.17, 15) is 17.6 Å². The molecular weight excluding hydrogens is 343 g/mol. The lowest BCUT2D eigenvalue weighted by atomic mass is 9.97. The monoisotopic (exact) mass is 370 g/mol. The van der Waals surface area contributed by atoms with Gasteiger partial charge in [0.1, 0.15) is 5.82 Å². The second-order valence-corrected chi connectivity index (χ2v) is 9.00. The summed E-state index contributed by atoms with van der Waals surface area (Å²) in [5.74, 6) is -0.0222. The van der Waals surface area contributed by atoms with Gasteiger partial charge in [0.2, 0.25) is 15.9 Å². The molecule has 1 N–H and O–H groups in total. The summed E-state index contributed by atoms with van der Waals surface area (Å²) in [6, 6.07) is 3.83. The highest BCUT2D eigenvalue weighted by Gasteiger charge is 2.32. The van der Waals surface area contributed by atoms with Gasteiger partial charge in [-0.2, -0.15) is 4.31 Å². The van der Waals surface area contributed by atoms with Gasteiger partial charge >= 0.3 is 0 Å². The number of piperidine rings is 1. The Hall–Kier alpha value is -1.47. The maximum Gasteiger partial charge on any atom is 0.243 e. The van der Waals surface area contributed by atoms with Gasteiger partial charge in [-0.25, -0.2) is 12.8 Å². The number of nitrogens with one attached hydrogen (secondary N) is 1. The molecule has 1 aliphatic rings. The number of aryl methyl sites for hydroxylation is 1. The van der Waals surface area contributed by atoms with Gasteiger partial charge in [-0.15, -0.1) is 0 Å². The summed E-state index contributed by atoms with van der Waals surface area (Å²) in [6.07, 6.45) is 1.95. The first-order chi connectivity index (χ1) is 11.7. The van der Waals surface area contributed by atoms with Gasteiger partial charge in [-0.3, -0.25) is 4.79 Å². The zero-order valence-corrected chi connectivity index (χ0v) is 15.9. The maximum atomic E-state index is 13.4. The fourth-order valence-corrected chi connectivity index (χ4v) is 4.47. The van der Waals surface area contributed by atoms with Crippen molar-refractivity contribution in [2.24, 2.45) is 11.8 Å². The minimum absolute atomic E-state index is 0.00956. The van der Waals surface area contributed by atoms with Crippen LogP contribution in [0.4, 0.5) is 4.39 Å². The van der Waals surface area contributed by atoms with Crippen LogP contribution in [0, 0.1) is 24.6 Å². The van der Waals surface area contributed by atoms with Crippen molar-refractivity contribution in [2.45, 2.75) is 44.9 Å². The zero-order valence-electron chi connectivity index (χ0n) is 15.1. The van der Waals surface area contributed by atoms with Crippen LogP contribution in [0.25, 0.3) is 0 Å². The van der Waals surface area contributed by atoms with Crippen molar-refractivity contribution >= 4 is 15.9 Å². The van der Waals surface area contributed by atoms with E-state index >= 15 is 0 Å². The van der Waals surface area contributed by atoms with Gasteiger partial charge in [0, 0.05) is 25.6 Å². The van der Waals surface area contributed by atoms with Crippen molar-refractivity contribution in [3.8, 4) is 0 Å². The Bertz CT molecular complexity index is 711. The first-order valence-electron chi connectivity index (χ1n) is 8.76. The highest BCUT2D eigenvalue weighted by Crippen LogP contribution is 2.25.